The smallest absolute Gasteiger partial charge is 0.336 e. The quantitative estimate of drug-likeness (QED) is 0.560. The Labute approximate surface area is 98.2 Å². The lowest BCUT2D eigenvalue weighted by Gasteiger charge is -2.05. The van der Waals surface area contributed by atoms with Gasteiger partial charge in [-0.1, -0.05) is 12.1 Å². The van der Waals surface area contributed by atoms with Crippen molar-refractivity contribution in [3.8, 4) is 0 Å². The molecular weight excluding hydrogens is 228 g/mol. The first-order chi connectivity index (χ1) is 7.75. The van der Waals surface area contributed by atoms with E-state index in [2.05, 4.69) is 0 Å². The molecule has 2 N–H and O–H groups in total. The molecule has 1 aromatic rings. The number of thioether (sulfide) groups is 1. The second-order valence-corrected chi connectivity index (χ2v) is 4.12. The van der Waals surface area contributed by atoms with E-state index in [1.807, 2.05) is 6.07 Å². The summed E-state index contributed by atoms with van der Waals surface area (Å²) in [5, 5.41) is 17.4. The molecule has 0 bridgehead atoms. The Kier molecular flexibility index (Phi) is 5.92. The van der Waals surface area contributed by atoms with E-state index >= 15 is 0 Å². The van der Waals surface area contributed by atoms with Crippen molar-refractivity contribution in [1.82, 2.24) is 0 Å². The van der Waals surface area contributed by atoms with Crippen molar-refractivity contribution >= 4 is 17.7 Å². The van der Waals surface area contributed by atoms with Crippen molar-refractivity contribution in [2.24, 2.45) is 0 Å². The standard InChI is InChI=1S/C11H14O4S/c12-5-6-15-7-8-16-10-4-2-1-3-9(10)11(13)14/h1-4,12H,5-8H2,(H,13,14). The zero-order valence-electron chi connectivity index (χ0n) is 8.76. The molecule has 0 aliphatic carbocycles. The minimum absolute atomic E-state index is 0.0103. The van der Waals surface area contributed by atoms with Crippen LogP contribution < -0.4 is 0 Å². The second-order valence-electron chi connectivity index (χ2n) is 2.99. The van der Waals surface area contributed by atoms with Crippen molar-refractivity contribution in [2.75, 3.05) is 25.6 Å². The molecule has 0 saturated heterocycles. The zero-order chi connectivity index (χ0) is 11.8. The second kappa shape index (κ2) is 7.27. The first-order valence-corrected chi connectivity index (χ1v) is 5.88. The third-order valence-electron chi connectivity index (χ3n) is 1.84. The number of carboxylic acid groups (broad SMARTS) is 1. The molecule has 5 heteroatoms. The molecule has 0 spiro atoms. The first kappa shape index (κ1) is 13.0. The van der Waals surface area contributed by atoms with Gasteiger partial charge in [-0.05, 0) is 12.1 Å². The summed E-state index contributed by atoms with van der Waals surface area (Å²) < 4.78 is 5.09. The summed E-state index contributed by atoms with van der Waals surface area (Å²) >= 11 is 1.44. The molecule has 0 atom stereocenters. The van der Waals surface area contributed by atoms with Gasteiger partial charge >= 0.3 is 5.97 Å². The van der Waals surface area contributed by atoms with Crippen molar-refractivity contribution < 1.29 is 19.7 Å². The maximum absolute atomic E-state index is 10.9. The van der Waals surface area contributed by atoms with Crippen LogP contribution in [-0.4, -0.2) is 41.8 Å². The largest absolute Gasteiger partial charge is 0.478 e. The highest BCUT2D eigenvalue weighted by Gasteiger charge is 2.08. The van der Waals surface area contributed by atoms with Crippen LogP contribution in [0.3, 0.4) is 0 Å². The van der Waals surface area contributed by atoms with E-state index in [1.54, 1.807) is 18.2 Å². The lowest BCUT2D eigenvalue weighted by atomic mass is 10.2. The number of carbonyl (C=O) groups is 1. The monoisotopic (exact) mass is 242 g/mol. The lowest BCUT2D eigenvalue weighted by Crippen LogP contribution is -2.03. The summed E-state index contributed by atoms with van der Waals surface area (Å²) in [7, 11) is 0. The van der Waals surface area contributed by atoms with Gasteiger partial charge in [0.25, 0.3) is 0 Å². The average Bonchev–Trinajstić information content (AvgIpc) is 2.29. The third-order valence-corrected chi connectivity index (χ3v) is 2.88. The van der Waals surface area contributed by atoms with Crippen molar-refractivity contribution in [1.29, 1.82) is 0 Å². The fourth-order valence-corrected chi connectivity index (χ4v) is 2.05. The number of benzene rings is 1. The number of aromatic carboxylic acids is 1. The summed E-state index contributed by atoms with van der Waals surface area (Å²) in [5.41, 5.74) is 0.314. The number of rotatable bonds is 7. The van der Waals surface area contributed by atoms with Gasteiger partial charge in [-0.3, -0.25) is 0 Å². The normalized spacial score (nSPS) is 10.3. The predicted octanol–water partition coefficient (Wildman–Crippen LogP) is 1.49. The van der Waals surface area contributed by atoms with E-state index in [9.17, 15) is 4.79 Å². The molecule has 0 aromatic heterocycles. The minimum atomic E-state index is -0.917. The highest BCUT2D eigenvalue weighted by Crippen LogP contribution is 2.22. The van der Waals surface area contributed by atoms with Crippen LogP contribution in [-0.2, 0) is 4.74 Å². The van der Waals surface area contributed by atoms with Crippen LogP contribution in [0.2, 0.25) is 0 Å². The van der Waals surface area contributed by atoms with E-state index < -0.39 is 5.97 Å². The summed E-state index contributed by atoms with van der Waals surface area (Å²) in [6.07, 6.45) is 0. The lowest BCUT2D eigenvalue weighted by molar-refractivity contribution is 0.0693. The topological polar surface area (TPSA) is 66.8 Å². The van der Waals surface area contributed by atoms with E-state index in [-0.39, 0.29) is 6.61 Å². The van der Waals surface area contributed by atoms with Crippen molar-refractivity contribution in [3.63, 3.8) is 0 Å². The molecule has 0 amide bonds. The van der Waals surface area contributed by atoms with E-state index in [1.165, 1.54) is 11.8 Å². The van der Waals surface area contributed by atoms with Crippen LogP contribution in [0.5, 0.6) is 0 Å². The fourth-order valence-electron chi connectivity index (χ4n) is 1.15. The molecule has 1 rings (SSSR count). The molecular formula is C11H14O4S. The fraction of sp³-hybridized carbons (Fsp3) is 0.364. The van der Waals surface area contributed by atoms with Gasteiger partial charge < -0.3 is 14.9 Å². The molecule has 0 aliphatic rings. The molecule has 0 unspecified atom stereocenters. The molecule has 0 aliphatic heterocycles. The molecule has 0 saturated carbocycles. The van der Waals surface area contributed by atoms with Crippen molar-refractivity contribution in [3.05, 3.63) is 29.8 Å². The van der Waals surface area contributed by atoms with Gasteiger partial charge in [0.15, 0.2) is 0 Å². The average molecular weight is 242 g/mol. The summed E-state index contributed by atoms with van der Waals surface area (Å²) in [6, 6.07) is 6.87. The molecule has 1 aromatic carbocycles. The van der Waals surface area contributed by atoms with Crippen LogP contribution in [0, 0.1) is 0 Å². The molecule has 16 heavy (non-hydrogen) atoms. The molecule has 4 nitrogen and oxygen atoms in total. The van der Waals surface area contributed by atoms with Gasteiger partial charge in [0, 0.05) is 10.6 Å². The summed E-state index contributed by atoms with van der Waals surface area (Å²) in [4.78, 5) is 11.6. The number of ether oxygens (including phenoxy) is 1. The highest BCUT2D eigenvalue weighted by atomic mass is 32.2. The summed E-state index contributed by atoms with van der Waals surface area (Å²) in [5.74, 6) is -0.246. The number of carboxylic acids is 1. The molecule has 0 heterocycles. The van der Waals surface area contributed by atoms with Gasteiger partial charge in [-0.15, -0.1) is 11.8 Å². The Balaban J connectivity index is 2.44. The van der Waals surface area contributed by atoms with E-state index in [0.29, 0.717) is 24.5 Å². The van der Waals surface area contributed by atoms with Gasteiger partial charge in [0.2, 0.25) is 0 Å². The summed E-state index contributed by atoms with van der Waals surface area (Å²) in [6.45, 7) is 0.830. The minimum Gasteiger partial charge on any atom is -0.478 e. The Morgan fingerprint density at radius 2 is 2.06 bits per heavy atom. The third kappa shape index (κ3) is 4.22. The van der Waals surface area contributed by atoms with Crippen molar-refractivity contribution in [2.45, 2.75) is 4.90 Å². The van der Waals surface area contributed by atoms with Crippen LogP contribution in [0.15, 0.2) is 29.2 Å². The Bertz CT molecular complexity index is 341. The van der Waals surface area contributed by atoms with Crippen LogP contribution in [0.1, 0.15) is 10.4 Å². The Morgan fingerprint density at radius 1 is 1.31 bits per heavy atom. The van der Waals surface area contributed by atoms with E-state index in [4.69, 9.17) is 14.9 Å². The van der Waals surface area contributed by atoms with Gasteiger partial charge in [-0.25, -0.2) is 4.79 Å². The number of hydrogen-bond acceptors (Lipinski definition) is 4. The van der Waals surface area contributed by atoms with Gasteiger partial charge in [-0.2, -0.15) is 0 Å². The highest BCUT2D eigenvalue weighted by molar-refractivity contribution is 7.99. The first-order valence-electron chi connectivity index (χ1n) is 4.89. The van der Waals surface area contributed by atoms with E-state index in [0.717, 1.165) is 4.90 Å². The maximum atomic E-state index is 10.9. The zero-order valence-corrected chi connectivity index (χ0v) is 9.57. The predicted molar refractivity (Wildman–Crippen MR) is 62.0 cm³/mol. The number of aliphatic hydroxyl groups is 1. The van der Waals surface area contributed by atoms with Crippen LogP contribution in [0.25, 0.3) is 0 Å². The Morgan fingerprint density at radius 3 is 2.75 bits per heavy atom. The van der Waals surface area contributed by atoms with Crippen LogP contribution >= 0.6 is 11.8 Å². The molecule has 88 valence electrons. The Hall–Kier alpha value is -1.04. The number of aliphatic hydroxyl groups excluding tert-OH is 1. The molecule has 0 radical (unpaired) electrons. The number of hydrogen-bond donors (Lipinski definition) is 2. The van der Waals surface area contributed by atoms with Gasteiger partial charge in [0.05, 0.1) is 25.4 Å². The SMILES string of the molecule is O=C(O)c1ccccc1SCCOCCO. The van der Waals surface area contributed by atoms with Gasteiger partial charge in [0.1, 0.15) is 0 Å². The van der Waals surface area contributed by atoms with Crippen LogP contribution in [0.4, 0.5) is 0 Å². The molecule has 0 fully saturated rings. The maximum Gasteiger partial charge on any atom is 0.336 e.